The van der Waals surface area contributed by atoms with Crippen LogP contribution in [-0.2, 0) is 9.59 Å². The number of likely N-dealkylation sites (N-methyl/N-ethyl adjacent to an activating group) is 1. The Morgan fingerprint density at radius 3 is 2.39 bits per heavy atom. The summed E-state index contributed by atoms with van der Waals surface area (Å²) in [4.78, 5) is 45.9. The number of rotatable bonds is 3. The van der Waals surface area contributed by atoms with Gasteiger partial charge in [-0.3, -0.25) is 19.3 Å². The van der Waals surface area contributed by atoms with E-state index in [1.807, 2.05) is 30.3 Å². The van der Waals surface area contributed by atoms with Crippen LogP contribution in [0.25, 0.3) is 10.9 Å². The average molecular weight is 459 g/mol. The zero-order chi connectivity index (χ0) is 23.1. The predicted molar refractivity (Wildman–Crippen MR) is 128 cm³/mol. The summed E-state index contributed by atoms with van der Waals surface area (Å²) >= 11 is 6.24. The molecule has 1 aromatic heterocycles. The molecule has 164 valence electrons. The highest BCUT2D eigenvalue weighted by molar-refractivity contribution is 6.32. The van der Waals surface area contributed by atoms with Crippen LogP contribution in [0.3, 0.4) is 0 Å². The topological polar surface area (TPSA) is 85.5 Å². The Kier molecular flexibility index (Phi) is 5.11. The number of halogens is 1. The molecule has 7 nitrogen and oxygen atoms in total. The average Bonchev–Trinajstić information content (AvgIpc) is 3.24. The summed E-state index contributed by atoms with van der Waals surface area (Å²) < 4.78 is 0. The monoisotopic (exact) mass is 458 g/mol. The second-order valence-electron chi connectivity index (χ2n) is 7.72. The molecule has 0 aliphatic carbocycles. The molecule has 33 heavy (non-hydrogen) atoms. The molecule has 8 heteroatoms. The Hall–Kier alpha value is -4.10. The number of H-pyrrole nitrogens is 1. The van der Waals surface area contributed by atoms with E-state index in [-0.39, 0.29) is 5.69 Å². The van der Waals surface area contributed by atoms with Crippen LogP contribution >= 0.6 is 11.6 Å². The third kappa shape index (κ3) is 3.62. The molecule has 0 saturated carbocycles. The molecular weight excluding hydrogens is 440 g/mol. The van der Waals surface area contributed by atoms with Gasteiger partial charge < -0.3 is 15.2 Å². The van der Waals surface area contributed by atoms with Crippen LogP contribution in [0.4, 0.5) is 17.1 Å². The number of benzene rings is 3. The summed E-state index contributed by atoms with van der Waals surface area (Å²) in [5.74, 6) is -1.68. The summed E-state index contributed by atoms with van der Waals surface area (Å²) in [6, 6.07) is 21.6. The lowest BCUT2D eigenvalue weighted by Gasteiger charge is -2.25. The maximum Gasteiger partial charge on any atom is 0.268 e. The van der Waals surface area contributed by atoms with Crippen LogP contribution < -0.4 is 15.1 Å². The summed E-state index contributed by atoms with van der Waals surface area (Å²) in [7, 11) is 1.57. The fourth-order valence-electron chi connectivity index (χ4n) is 4.00. The first-order valence-electron chi connectivity index (χ1n) is 10.3. The number of anilines is 3. The van der Waals surface area contributed by atoms with Crippen molar-refractivity contribution in [1.82, 2.24) is 10.3 Å². The number of amides is 3. The van der Waals surface area contributed by atoms with Crippen LogP contribution in [0.5, 0.6) is 0 Å². The number of carbonyl (C=O) groups is 3. The second-order valence-corrected chi connectivity index (χ2v) is 8.15. The Bertz CT molecular complexity index is 1370. The van der Waals surface area contributed by atoms with Crippen molar-refractivity contribution >= 4 is 57.3 Å². The molecule has 0 spiro atoms. The quantitative estimate of drug-likeness (QED) is 0.450. The lowest BCUT2D eigenvalue weighted by molar-refractivity contribution is -0.128. The SMILES string of the molecule is CN1C(=O)C(NC(=O)c2cc3ccccc3[nH]2)C(=O)N(c2ccccc2)c2cc(Cl)ccc21. The lowest BCUT2D eigenvalue weighted by atomic mass is 10.1. The Morgan fingerprint density at radius 1 is 0.909 bits per heavy atom. The highest BCUT2D eigenvalue weighted by Crippen LogP contribution is 2.39. The van der Waals surface area contributed by atoms with E-state index in [9.17, 15) is 14.4 Å². The lowest BCUT2D eigenvalue weighted by Crippen LogP contribution is -2.54. The molecule has 1 atom stereocenters. The van der Waals surface area contributed by atoms with Crippen LogP contribution in [0.1, 0.15) is 10.5 Å². The van der Waals surface area contributed by atoms with E-state index in [0.29, 0.717) is 22.1 Å². The number of aromatic amines is 1. The van der Waals surface area contributed by atoms with Gasteiger partial charge in [-0.15, -0.1) is 0 Å². The van der Waals surface area contributed by atoms with E-state index < -0.39 is 23.8 Å². The third-order valence-corrected chi connectivity index (χ3v) is 5.88. The third-order valence-electron chi connectivity index (χ3n) is 5.65. The minimum absolute atomic E-state index is 0.260. The minimum Gasteiger partial charge on any atom is -0.351 e. The molecule has 0 radical (unpaired) electrons. The maximum absolute atomic E-state index is 13.7. The molecule has 2 heterocycles. The van der Waals surface area contributed by atoms with Crippen molar-refractivity contribution in [2.75, 3.05) is 16.8 Å². The van der Waals surface area contributed by atoms with Crippen LogP contribution in [0.15, 0.2) is 78.9 Å². The fraction of sp³-hybridized carbons (Fsp3) is 0.0800. The number of para-hydroxylation sites is 2. The zero-order valence-electron chi connectivity index (χ0n) is 17.6. The van der Waals surface area contributed by atoms with Gasteiger partial charge in [-0.25, -0.2) is 0 Å². The van der Waals surface area contributed by atoms with Gasteiger partial charge in [0.15, 0.2) is 6.04 Å². The van der Waals surface area contributed by atoms with Crippen LogP contribution in [0, 0.1) is 0 Å². The van der Waals surface area contributed by atoms with Crippen molar-refractivity contribution < 1.29 is 14.4 Å². The van der Waals surface area contributed by atoms with Gasteiger partial charge in [0, 0.05) is 28.7 Å². The summed E-state index contributed by atoms with van der Waals surface area (Å²) in [5, 5.41) is 3.90. The number of aromatic nitrogens is 1. The number of fused-ring (bicyclic) bond motifs is 2. The van der Waals surface area contributed by atoms with E-state index in [1.54, 1.807) is 55.6 Å². The first kappa shape index (κ1) is 20.8. The van der Waals surface area contributed by atoms with E-state index in [0.717, 1.165) is 10.9 Å². The second kappa shape index (κ2) is 8.11. The molecule has 5 rings (SSSR count). The van der Waals surface area contributed by atoms with Gasteiger partial charge in [0.05, 0.1) is 11.4 Å². The first-order valence-corrected chi connectivity index (χ1v) is 10.7. The minimum atomic E-state index is -1.43. The van der Waals surface area contributed by atoms with Crippen molar-refractivity contribution in [3.05, 3.63) is 89.6 Å². The molecule has 3 amide bonds. The van der Waals surface area contributed by atoms with E-state index in [1.165, 1.54) is 9.80 Å². The molecule has 1 unspecified atom stereocenters. The van der Waals surface area contributed by atoms with Gasteiger partial charge in [-0.05, 0) is 42.5 Å². The number of nitrogens with zero attached hydrogens (tertiary/aromatic N) is 2. The summed E-state index contributed by atoms with van der Waals surface area (Å²) in [6.07, 6.45) is 0. The van der Waals surface area contributed by atoms with Gasteiger partial charge in [-0.2, -0.15) is 0 Å². The highest BCUT2D eigenvalue weighted by atomic mass is 35.5. The molecular formula is C25H19ClN4O3. The van der Waals surface area contributed by atoms with Gasteiger partial charge in [0.25, 0.3) is 17.7 Å². The summed E-state index contributed by atoms with van der Waals surface area (Å²) in [6.45, 7) is 0. The molecule has 2 N–H and O–H groups in total. The molecule has 4 aromatic rings. The molecule has 1 aliphatic heterocycles. The van der Waals surface area contributed by atoms with Crippen molar-refractivity contribution in [3.8, 4) is 0 Å². The Labute approximate surface area is 194 Å². The van der Waals surface area contributed by atoms with E-state index in [2.05, 4.69) is 10.3 Å². The van der Waals surface area contributed by atoms with E-state index in [4.69, 9.17) is 11.6 Å². The van der Waals surface area contributed by atoms with Crippen LogP contribution in [0.2, 0.25) is 5.02 Å². The Morgan fingerprint density at radius 2 is 1.64 bits per heavy atom. The smallest absolute Gasteiger partial charge is 0.268 e. The van der Waals surface area contributed by atoms with Gasteiger partial charge in [0.1, 0.15) is 5.69 Å². The first-order chi connectivity index (χ1) is 15.9. The van der Waals surface area contributed by atoms with Gasteiger partial charge in [0.2, 0.25) is 0 Å². The summed E-state index contributed by atoms with van der Waals surface area (Å²) in [5.41, 5.74) is 2.56. The van der Waals surface area contributed by atoms with Gasteiger partial charge >= 0.3 is 0 Å². The van der Waals surface area contributed by atoms with Gasteiger partial charge in [-0.1, -0.05) is 48.0 Å². The predicted octanol–water partition coefficient (Wildman–Crippen LogP) is 4.26. The molecule has 0 bridgehead atoms. The molecule has 0 fully saturated rings. The normalized spacial score (nSPS) is 16.0. The number of hydrogen-bond donors (Lipinski definition) is 2. The van der Waals surface area contributed by atoms with E-state index >= 15 is 0 Å². The molecule has 3 aromatic carbocycles. The highest BCUT2D eigenvalue weighted by Gasteiger charge is 2.41. The maximum atomic E-state index is 13.7. The van der Waals surface area contributed by atoms with Crippen molar-refractivity contribution in [2.45, 2.75) is 6.04 Å². The standard InChI is InChI=1S/C25H19ClN4O3/c1-29-20-12-11-16(26)14-21(20)30(17-8-3-2-4-9-17)25(33)22(24(29)32)28-23(31)19-13-15-7-5-6-10-18(15)27-19/h2-14,22,27H,1H3,(H,28,31). The number of carbonyl (C=O) groups excluding carboxylic acids is 3. The van der Waals surface area contributed by atoms with Crippen LogP contribution in [-0.4, -0.2) is 35.8 Å². The van der Waals surface area contributed by atoms with Crippen molar-refractivity contribution in [3.63, 3.8) is 0 Å². The van der Waals surface area contributed by atoms with Crippen molar-refractivity contribution in [2.24, 2.45) is 0 Å². The molecule has 0 saturated heterocycles. The van der Waals surface area contributed by atoms with Crippen molar-refractivity contribution in [1.29, 1.82) is 0 Å². The Balaban J connectivity index is 1.57. The number of hydrogen-bond acceptors (Lipinski definition) is 3. The fourth-order valence-corrected chi connectivity index (χ4v) is 4.16. The largest absolute Gasteiger partial charge is 0.351 e. The zero-order valence-corrected chi connectivity index (χ0v) is 18.3. The molecule has 1 aliphatic rings. The number of nitrogens with one attached hydrogen (secondary N) is 2.